The van der Waals surface area contributed by atoms with Gasteiger partial charge in [0.1, 0.15) is 36.0 Å². The van der Waals surface area contributed by atoms with Crippen LogP contribution in [-0.4, -0.2) is 44.9 Å². The van der Waals surface area contributed by atoms with Gasteiger partial charge in [0.15, 0.2) is 0 Å². The molecule has 0 N–H and O–H groups in total. The Hall–Kier alpha value is -3.56. The number of hydrogen-bond acceptors (Lipinski definition) is 7. The van der Waals surface area contributed by atoms with Crippen molar-refractivity contribution in [2.75, 3.05) is 0 Å². The van der Waals surface area contributed by atoms with Crippen molar-refractivity contribution in [3.63, 3.8) is 0 Å². The summed E-state index contributed by atoms with van der Waals surface area (Å²) >= 11 is 0. The molecule has 42 heavy (non-hydrogen) atoms. The fourth-order valence-corrected chi connectivity index (χ4v) is 10.3. The van der Waals surface area contributed by atoms with E-state index in [1.165, 1.54) is 16.3 Å². The monoisotopic (exact) mass is 577 g/mol. The highest BCUT2D eigenvalue weighted by Gasteiger charge is 2.74. The number of aldehydes is 3. The third-order valence-electron chi connectivity index (χ3n) is 12.1. The Bertz CT molecular complexity index is 1570. The third kappa shape index (κ3) is 3.32. The standard InChI is InChI=1S/C32H39N3O7/c1-20(17-36)24-10-11-25-29(24,3)14-13-26-30(4)15-12-23(42-21(2)39)16-31(30,18-37)34-27(40)33(22-8-6-5-7-9-22)28(41)35(34)32(25,26)19-38/h5-9,17-20,23-26H,10-16H2,1-4H3. The minimum Gasteiger partial charge on any atom is -0.462 e. The van der Waals surface area contributed by atoms with E-state index in [0.717, 1.165) is 36.3 Å². The van der Waals surface area contributed by atoms with Crippen molar-refractivity contribution < 1.29 is 23.9 Å². The molecule has 1 aliphatic heterocycles. The normalized spacial score (nSPS) is 39.1. The van der Waals surface area contributed by atoms with Gasteiger partial charge in [-0.15, -0.1) is 0 Å². The number of ether oxygens (including phenoxy) is 1. The lowest BCUT2D eigenvalue weighted by Gasteiger charge is -2.67. The van der Waals surface area contributed by atoms with Gasteiger partial charge in [-0.2, -0.15) is 0 Å². The van der Waals surface area contributed by atoms with Gasteiger partial charge in [0, 0.05) is 24.7 Å². The number of esters is 1. The number of carbonyl (C=O) groups is 4. The van der Waals surface area contributed by atoms with E-state index in [1.54, 1.807) is 30.3 Å². The van der Waals surface area contributed by atoms with Gasteiger partial charge in [0.25, 0.3) is 0 Å². The van der Waals surface area contributed by atoms with E-state index in [4.69, 9.17) is 4.74 Å². The number of fused-ring (bicyclic) bond motifs is 8. The van der Waals surface area contributed by atoms with Gasteiger partial charge in [0.05, 0.1) is 5.69 Å². The maximum Gasteiger partial charge on any atom is 0.352 e. The molecule has 0 radical (unpaired) electrons. The summed E-state index contributed by atoms with van der Waals surface area (Å²) in [6, 6.07) is 8.52. The minimum atomic E-state index is -1.53. The van der Waals surface area contributed by atoms with Crippen LogP contribution in [0.5, 0.6) is 0 Å². The van der Waals surface area contributed by atoms with Gasteiger partial charge in [-0.1, -0.05) is 39.0 Å². The largest absolute Gasteiger partial charge is 0.462 e. The van der Waals surface area contributed by atoms with Crippen molar-refractivity contribution in [3.8, 4) is 5.69 Å². The van der Waals surface area contributed by atoms with Gasteiger partial charge in [-0.25, -0.2) is 23.5 Å². The molecule has 0 saturated heterocycles. The predicted octanol–water partition coefficient (Wildman–Crippen LogP) is 3.00. The highest BCUT2D eigenvalue weighted by molar-refractivity contribution is 5.71. The molecule has 1 aromatic heterocycles. The summed E-state index contributed by atoms with van der Waals surface area (Å²) in [6.07, 6.45) is 5.54. The fraction of sp³-hybridized carbons (Fsp3) is 0.625. The molecular weight excluding hydrogens is 538 g/mol. The van der Waals surface area contributed by atoms with Gasteiger partial charge in [0.2, 0.25) is 0 Å². The molecule has 1 aromatic carbocycles. The Labute approximate surface area is 244 Å². The van der Waals surface area contributed by atoms with Gasteiger partial charge >= 0.3 is 17.3 Å². The maximum absolute atomic E-state index is 14.6. The lowest BCUT2D eigenvalue weighted by atomic mass is 9.43. The van der Waals surface area contributed by atoms with Gasteiger partial charge < -0.3 is 19.1 Å². The number of benzene rings is 1. The number of para-hydroxylation sites is 1. The second kappa shape index (κ2) is 9.47. The van der Waals surface area contributed by atoms with Crippen molar-refractivity contribution in [1.29, 1.82) is 0 Å². The summed E-state index contributed by atoms with van der Waals surface area (Å²) in [5.74, 6) is -1.44. The molecule has 2 heterocycles. The van der Waals surface area contributed by atoms with E-state index >= 15 is 0 Å². The summed E-state index contributed by atoms with van der Waals surface area (Å²) in [7, 11) is 0. The first kappa shape index (κ1) is 28.6. The average molecular weight is 578 g/mol. The Morgan fingerprint density at radius 2 is 1.62 bits per heavy atom. The van der Waals surface area contributed by atoms with Crippen molar-refractivity contribution in [3.05, 3.63) is 51.3 Å². The van der Waals surface area contributed by atoms with E-state index in [1.807, 2.05) is 13.8 Å². The summed E-state index contributed by atoms with van der Waals surface area (Å²) < 4.78 is 9.24. The summed E-state index contributed by atoms with van der Waals surface area (Å²) in [6.45, 7) is 7.32. The second-order valence-electron chi connectivity index (χ2n) is 13.6. The van der Waals surface area contributed by atoms with Gasteiger partial charge in [-0.05, 0) is 73.8 Å². The Balaban J connectivity index is 1.70. The molecular formula is C32H39N3O7. The molecule has 3 aliphatic carbocycles. The molecule has 10 heteroatoms. The van der Waals surface area contributed by atoms with Crippen molar-refractivity contribution in [2.45, 2.75) is 89.8 Å². The number of nitrogens with zero attached hydrogens (tertiary/aromatic N) is 3. The first-order chi connectivity index (χ1) is 20.0. The van der Waals surface area contributed by atoms with Crippen LogP contribution in [0, 0.1) is 34.5 Å². The highest BCUT2D eigenvalue weighted by atomic mass is 16.5. The molecule has 0 bridgehead atoms. The molecule has 224 valence electrons. The van der Waals surface area contributed by atoms with E-state index in [2.05, 4.69) is 6.92 Å². The second-order valence-corrected chi connectivity index (χ2v) is 13.6. The van der Waals surface area contributed by atoms with Crippen LogP contribution in [0.25, 0.3) is 5.69 Å². The zero-order chi connectivity index (χ0) is 30.2. The van der Waals surface area contributed by atoms with Crippen molar-refractivity contribution in [1.82, 2.24) is 13.9 Å². The summed E-state index contributed by atoms with van der Waals surface area (Å²) in [4.78, 5) is 80.4. The molecule has 9 atom stereocenters. The van der Waals surface area contributed by atoms with E-state index in [9.17, 15) is 28.8 Å². The maximum atomic E-state index is 14.6. The first-order valence-electron chi connectivity index (χ1n) is 15.1. The number of carbonyl (C=O) groups excluding carboxylic acids is 4. The molecule has 10 nitrogen and oxygen atoms in total. The van der Waals surface area contributed by atoms with Crippen molar-refractivity contribution in [2.24, 2.45) is 34.5 Å². The van der Waals surface area contributed by atoms with Crippen LogP contribution in [0.3, 0.4) is 0 Å². The molecule has 0 amide bonds. The SMILES string of the molecule is CC(=O)OC1CCC2(C)C3CCC4(C)C(C(C)C=O)CCC4C3(C=O)n3c(=O)n(-c4ccccc4)c(=O)n3C2(C=O)C1. The topological polar surface area (TPSA) is 126 Å². The van der Waals surface area contributed by atoms with Crippen LogP contribution in [-0.2, 0) is 35.0 Å². The summed E-state index contributed by atoms with van der Waals surface area (Å²) in [5, 5.41) is 0. The molecule has 3 fully saturated rings. The lowest BCUT2D eigenvalue weighted by molar-refractivity contribution is -0.209. The summed E-state index contributed by atoms with van der Waals surface area (Å²) in [5.41, 5.74) is -5.28. The molecule has 4 aliphatic rings. The molecule has 3 saturated carbocycles. The molecule has 2 aromatic rings. The smallest absolute Gasteiger partial charge is 0.352 e. The van der Waals surface area contributed by atoms with Crippen molar-refractivity contribution >= 4 is 24.8 Å². The Morgan fingerprint density at radius 3 is 2.24 bits per heavy atom. The van der Waals surface area contributed by atoms with E-state index < -0.39 is 51.3 Å². The minimum absolute atomic E-state index is 0.0233. The number of aromatic nitrogens is 3. The Kier molecular flexibility index (Phi) is 6.44. The van der Waals surface area contributed by atoms with Crippen LogP contribution in [0.4, 0.5) is 0 Å². The van der Waals surface area contributed by atoms with E-state index in [0.29, 0.717) is 31.4 Å². The van der Waals surface area contributed by atoms with Crippen LogP contribution in [0.1, 0.15) is 72.6 Å². The molecule has 0 spiro atoms. The average Bonchev–Trinajstić information content (AvgIpc) is 3.47. The third-order valence-corrected chi connectivity index (χ3v) is 12.1. The Morgan fingerprint density at radius 1 is 0.929 bits per heavy atom. The molecule has 9 unspecified atom stereocenters. The van der Waals surface area contributed by atoms with Crippen LogP contribution in [0.15, 0.2) is 39.9 Å². The van der Waals surface area contributed by atoms with Crippen LogP contribution < -0.4 is 11.4 Å². The lowest BCUT2D eigenvalue weighted by Crippen LogP contribution is -2.76. The fourth-order valence-electron chi connectivity index (χ4n) is 10.3. The van der Waals surface area contributed by atoms with Crippen LogP contribution >= 0.6 is 0 Å². The quantitative estimate of drug-likeness (QED) is 0.382. The number of rotatable bonds is 6. The van der Waals surface area contributed by atoms with E-state index in [-0.39, 0.29) is 24.2 Å². The molecule has 6 rings (SSSR count). The zero-order valence-corrected chi connectivity index (χ0v) is 24.7. The number of hydrogen-bond donors (Lipinski definition) is 0. The first-order valence-corrected chi connectivity index (χ1v) is 15.1. The predicted molar refractivity (Wildman–Crippen MR) is 152 cm³/mol. The van der Waals surface area contributed by atoms with Crippen LogP contribution in [0.2, 0.25) is 0 Å². The van der Waals surface area contributed by atoms with Gasteiger partial charge in [-0.3, -0.25) is 4.79 Å². The highest BCUT2D eigenvalue weighted by Crippen LogP contribution is 2.70. The zero-order valence-electron chi connectivity index (χ0n) is 24.7.